The lowest BCUT2D eigenvalue weighted by Crippen LogP contribution is -2.46. The molecule has 0 N–H and O–H groups in total. The lowest BCUT2D eigenvalue weighted by Gasteiger charge is -2.37. The van der Waals surface area contributed by atoms with E-state index in [1.54, 1.807) is 29.1 Å². The Hall–Kier alpha value is -4.50. The van der Waals surface area contributed by atoms with E-state index in [0.29, 0.717) is 21.5 Å². The van der Waals surface area contributed by atoms with Gasteiger partial charge < -0.3 is 24.0 Å². The number of anilines is 2. The van der Waals surface area contributed by atoms with Crippen LogP contribution in [-0.2, 0) is 21.8 Å². The summed E-state index contributed by atoms with van der Waals surface area (Å²) in [6.45, 7) is 8.11. The molecule has 0 spiro atoms. The number of halogens is 2. The molecule has 1 unspecified atom stereocenters. The van der Waals surface area contributed by atoms with E-state index in [-0.39, 0.29) is 31.5 Å². The van der Waals surface area contributed by atoms with E-state index < -0.39 is 11.9 Å². The number of tetrazole rings is 1. The molecule has 7 rings (SSSR count). The summed E-state index contributed by atoms with van der Waals surface area (Å²) in [6.07, 6.45) is 5.36. The molecule has 2 aliphatic rings. The van der Waals surface area contributed by atoms with E-state index in [4.69, 9.17) is 37.4 Å². The van der Waals surface area contributed by atoms with Crippen LogP contribution in [0.3, 0.4) is 0 Å². The summed E-state index contributed by atoms with van der Waals surface area (Å²) in [4.78, 5) is 22.0. The first-order valence-electron chi connectivity index (χ1n) is 16.2. The standard InChI is InChI=1S/C33H36Cl2N10O4/c1-3-23(2)45-32(46)44(22-38-45)26-7-5-25(6-8-26)41-12-14-42(15-13-41)27-9-11-31(36-17-27)47-18-28-19-48-33(49-28,20-43-21-37-39-40-43)29-10-4-24(34)16-30(29)35/h4-11,16-17,21-23,28H,3,12-15,18-20H2,1-2H3/t23?,28-,33-/m1/s1. The summed E-state index contributed by atoms with van der Waals surface area (Å²) in [5.74, 6) is -0.731. The molecule has 49 heavy (non-hydrogen) atoms. The molecule has 2 aliphatic heterocycles. The smallest absolute Gasteiger partial charge is 0.350 e. The fourth-order valence-corrected chi connectivity index (χ4v) is 6.61. The zero-order valence-corrected chi connectivity index (χ0v) is 28.6. The number of nitrogens with zero attached hydrogens (tertiary/aromatic N) is 10. The number of hydrogen-bond acceptors (Lipinski definition) is 11. The number of hydrogen-bond donors (Lipinski definition) is 0. The van der Waals surface area contributed by atoms with Crippen LogP contribution in [0.5, 0.6) is 5.88 Å². The Kier molecular flexibility index (Phi) is 9.54. The monoisotopic (exact) mass is 706 g/mol. The molecule has 3 aromatic heterocycles. The van der Waals surface area contributed by atoms with Crippen LogP contribution in [0, 0.1) is 0 Å². The maximum Gasteiger partial charge on any atom is 0.350 e. The van der Waals surface area contributed by atoms with Gasteiger partial charge in [-0.05, 0) is 66.2 Å². The zero-order valence-electron chi connectivity index (χ0n) is 27.1. The fourth-order valence-electron chi connectivity index (χ4n) is 6.06. The second kappa shape index (κ2) is 14.2. The molecule has 2 fully saturated rings. The van der Waals surface area contributed by atoms with Crippen LogP contribution >= 0.6 is 23.2 Å². The molecule has 2 aromatic carbocycles. The van der Waals surface area contributed by atoms with Gasteiger partial charge in [0.25, 0.3) is 0 Å². The van der Waals surface area contributed by atoms with Crippen molar-refractivity contribution in [1.82, 2.24) is 39.5 Å². The van der Waals surface area contributed by atoms with Gasteiger partial charge in [-0.1, -0.05) is 36.2 Å². The van der Waals surface area contributed by atoms with Crippen LogP contribution in [0.25, 0.3) is 5.69 Å². The number of ether oxygens (including phenoxy) is 3. The predicted molar refractivity (Wildman–Crippen MR) is 184 cm³/mol. The van der Waals surface area contributed by atoms with Gasteiger partial charge in [0.05, 0.1) is 35.2 Å². The summed E-state index contributed by atoms with van der Waals surface area (Å²) in [7, 11) is 0. The Labute approximate surface area is 292 Å². The number of pyridine rings is 1. The summed E-state index contributed by atoms with van der Waals surface area (Å²) in [5.41, 5.74) is 3.44. The molecule has 0 amide bonds. The summed E-state index contributed by atoms with van der Waals surface area (Å²) in [5, 5.41) is 16.6. The predicted octanol–water partition coefficient (Wildman–Crippen LogP) is 4.37. The van der Waals surface area contributed by atoms with Crippen LogP contribution in [0.15, 0.2) is 78.2 Å². The van der Waals surface area contributed by atoms with E-state index in [1.165, 1.54) is 15.7 Å². The second-order valence-corrected chi connectivity index (χ2v) is 12.9. The molecule has 256 valence electrons. The highest BCUT2D eigenvalue weighted by atomic mass is 35.5. The third-order valence-corrected chi connectivity index (χ3v) is 9.49. The molecule has 14 nitrogen and oxygen atoms in total. The van der Waals surface area contributed by atoms with Crippen molar-refractivity contribution in [3.63, 3.8) is 0 Å². The zero-order chi connectivity index (χ0) is 34.0. The molecule has 0 saturated carbocycles. The first-order valence-corrected chi connectivity index (χ1v) is 16.9. The Bertz CT molecular complexity index is 1910. The highest BCUT2D eigenvalue weighted by Crippen LogP contribution is 2.40. The molecule has 2 saturated heterocycles. The molecule has 5 aromatic rings. The van der Waals surface area contributed by atoms with Gasteiger partial charge in [-0.2, -0.15) is 5.10 Å². The maximum atomic E-state index is 12.8. The second-order valence-electron chi connectivity index (χ2n) is 12.1. The third-order valence-electron chi connectivity index (χ3n) is 8.94. The molecule has 3 atom stereocenters. The van der Waals surface area contributed by atoms with E-state index in [0.717, 1.165) is 49.7 Å². The summed E-state index contributed by atoms with van der Waals surface area (Å²) in [6, 6.07) is 17.2. The van der Waals surface area contributed by atoms with Gasteiger partial charge in [0.2, 0.25) is 11.7 Å². The van der Waals surface area contributed by atoms with Gasteiger partial charge in [0, 0.05) is 48.5 Å². The third kappa shape index (κ3) is 6.99. The van der Waals surface area contributed by atoms with Crippen molar-refractivity contribution in [3.05, 3.63) is 99.5 Å². The van der Waals surface area contributed by atoms with Crippen LogP contribution in [0.1, 0.15) is 31.9 Å². The average Bonchev–Trinajstić information content (AvgIpc) is 3.88. The van der Waals surface area contributed by atoms with Crippen molar-refractivity contribution in [3.8, 4) is 11.6 Å². The van der Waals surface area contributed by atoms with Gasteiger partial charge in [-0.25, -0.2) is 23.7 Å². The highest BCUT2D eigenvalue weighted by molar-refractivity contribution is 6.35. The van der Waals surface area contributed by atoms with Gasteiger partial charge >= 0.3 is 5.69 Å². The van der Waals surface area contributed by atoms with Crippen LogP contribution in [-0.4, -0.2) is 85.0 Å². The van der Waals surface area contributed by atoms with E-state index in [2.05, 4.69) is 47.5 Å². The number of benzene rings is 2. The minimum atomic E-state index is -1.22. The molecule has 0 radical (unpaired) electrons. The Morgan fingerprint density at radius 3 is 2.39 bits per heavy atom. The van der Waals surface area contributed by atoms with E-state index in [1.807, 2.05) is 44.3 Å². The summed E-state index contributed by atoms with van der Waals surface area (Å²) >= 11 is 12.7. The van der Waals surface area contributed by atoms with E-state index in [9.17, 15) is 4.79 Å². The molecule has 0 aliphatic carbocycles. The van der Waals surface area contributed by atoms with Crippen LogP contribution in [0.2, 0.25) is 10.0 Å². The Morgan fingerprint density at radius 1 is 0.980 bits per heavy atom. The fraction of sp³-hybridized carbons (Fsp3) is 0.394. The minimum Gasteiger partial charge on any atom is -0.475 e. The van der Waals surface area contributed by atoms with Crippen LogP contribution in [0.4, 0.5) is 11.4 Å². The molecular formula is C33H36Cl2N10O4. The molecule has 0 bridgehead atoms. The number of rotatable bonds is 11. The molecule has 5 heterocycles. The van der Waals surface area contributed by atoms with Crippen molar-refractivity contribution >= 4 is 34.6 Å². The van der Waals surface area contributed by atoms with Gasteiger partial charge in [-0.3, -0.25) is 0 Å². The maximum absolute atomic E-state index is 12.8. The van der Waals surface area contributed by atoms with Crippen molar-refractivity contribution < 1.29 is 14.2 Å². The summed E-state index contributed by atoms with van der Waals surface area (Å²) < 4.78 is 23.3. The van der Waals surface area contributed by atoms with Crippen molar-refractivity contribution in [1.29, 1.82) is 0 Å². The van der Waals surface area contributed by atoms with Crippen molar-refractivity contribution in [2.24, 2.45) is 0 Å². The Morgan fingerprint density at radius 2 is 1.71 bits per heavy atom. The highest BCUT2D eigenvalue weighted by Gasteiger charge is 2.46. The number of aromatic nitrogens is 8. The number of piperazine rings is 1. The first-order chi connectivity index (χ1) is 23.8. The SMILES string of the molecule is CCC(C)n1ncn(-c2ccc(N3CCN(c4ccc(OC[C@@H]5CO[C@@](Cn6cnnn6)(c6ccc(Cl)cc6Cl)O5)nc4)CC3)cc2)c1=O. The average molecular weight is 708 g/mol. The lowest BCUT2D eigenvalue weighted by molar-refractivity contribution is -0.191. The molecule has 16 heteroatoms. The molecular weight excluding hydrogens is 671 g/mol. The van der Waals surface area contributed by atoms with Gasteiger partial charge in [-0.15, -0.1) is 5.10 Å². The topological polar surface area (TPSA) is 130 Å². The lowest BCUT2D eigenvalue weighted by atomic mass is 10.1. The van der Waals surface area contributed by atoms with Crippen molar-refractivity contribution in [2.45, 2.75) is 44.7 Å². The first kappa shape index (κ1) is 33.0. The minimum absolute atomic E-state index is 0.0584. The quantitative estimate of drug-likeness (QED) is 0.194. The normalized spacial score (nSPS) is 20.1. The Balaban J connectivity index is 0.925. The van der Waals surface area contributed by atoms with Crippen molar-refractivity contribution in [2.75, 3.05) is 49.2 Å². The van der Waals surface area contributed by atoms with E-state index >= 15 is 0 Å². The van der Waals surface area contributed by atoms with Gasteiger partial charge in [0.1, 0.15) is 31.9 Å². The van der Waals surface area contributed by atoms with Gasteiger partial charge in [0.15, 0.2) is 0 Å². The van der Waals surface area contributed by atoms with Crippen LogP contribution < -0.4 is 20.2 Å². The largest absolute Gasteiger partial charge is 0.475 e.